The van der Waals surface area contributed by atoms with Gasteiger partial charge in [0, 0.05) is 6.92 Å². The molecule has 1 aromatic rings. The van der Waals surface area contributed by atoms with Gasteiger partial charge in [0.25, 0.3) is 0 Å². The van der Waals surface area contributed by atoms with E-state index < -0.39 is 5.54 Å². The summed E-state index contributed by atoms with van der Waals surface area (Å²) < 4.78 is 5.10. The lowest BCUT2D eigenvalue weighted by Gasteiger charge is -2.11. The van der Waals surface area contributed by atoms with E-state index >= 15 is 0 Å². The van der Waals surface area contributed by atoms with E-state index in [-0.39, 0.29) is 0 Å². The van der Waals surface area contributed by atoms with Gasteiger partial charge < -0.3 is 10.2 Å². The Bertz CT molecular complexity index is 223. The van der Waals surface area contributed by atoms with Crippen LogP contribution in [-0.2, 0) is 5.54 Å². The summed E-state index contributed by atoms with van der Waals surface area (Å²) in [5.74, 6) is 1.03. The van der Waals surface area contributed by atoms with Crippen molar-refractivity contribution in [2.75, 3.05) is 0 Å². The zero-order chi connectivity index (χ0) is 7.78. The molecule has 1 rings (SSSR count). The molecule has 0 atom stereocenters. The zero-order valence-electron chi connectivity index (χ0n) is 6.38. The highest BCUT2D eigenvalue weighted by molar-refractivity contribution is 4.93. The largest absolute Gasteiger partial charge is 0.424 e. The number of aromatic nitrogens is 2. The van der Waals surface area contributed by atoms with Crippen LogP contribution in [0.15, 0.2) is 4.42 Å². The average molecular weight is 141 g/mol. The van der Waals surface area contributed by atoms with Crippen molar-refractivity contribution >= 4 is 0 Å². The summed E-state index contributed by atoms with van der Waals surface area (Å²) in [6, 6.07) is 0. The Balaban J connectivity index is 2.96. The standard InChI is InChI=1S/C6H11N3O/c1-4-8-9-5(10-4)6(2,3)7/h7H2,1-3H3. The van der Waals surface area contributed by atoms with Crippen molar-refractivity contribution in [3.63, 3.8) is 0 Å². The first-order chi connectivity index (χ1) is 4.50. The van der Waals surface area contributed by atoms with Crippen molar-refractivity contribution < 1.29 is 4.42 Å². The van der Waals surface area contributed by atoms with E-state index in [0.29, 0.717) is 11.8 Å². The molecule has 0 aromatic carbocycles. The minimum absolute atomic E-state index is 0.477. The van der Waals surface area contributed by atoms with Crippen LogP contribution >= 0.6 is 0 Å². The molecule has 0 radical (unpaired) electrons. The van der Waals surface area contributed by atoms with Gasteiger partial charge >= 0.3 is 0 Å². The minimum atomic E-state index is -0.527. The van der Waals surface area contributed by atoms with Crippen molar-refractivity contribution in [3.05, 3.63) is 11.8 Å². The first-order valence-corrected chi connectivity index (χ1v) is 3.09. The van der Waals surface area contributed by atoms with Crippen molar-refractivity contribution in [1.29, 1.82) is 0 Å². The number of nitrogens with two attached hydrogens (primary N) is 1. The molecule has 4 heteroatoms. The number of nitrogens with zero attached hydrogens (tertiary/aromatic N) is 2. The molecule has 0 amide bonds. The molecule has 0 aliphatic carbocycles. The molecule has 10 heavy (non-hydrogen) atoms. The fourth-order valence-electron chi connectivity index (χ4n) is 0.557. The maximum absolute atomic E-state index is 5.67. The molecule has 4 nitrogen and oxygen atoms in total. The molecule has 0 aliphatic heterocycles. The van der Waals surface area contributed by atoms with Gasteiger partial charge in [0.1, 0.15) is 0 Å². The van der Waals surface area contributed by atoms with Crippen LogP contribution in [0.2, 0.25) is 0 Å². The number of rotatable bonds is 1. The first-order valence-electron chi connectivity index (χ1n) is 3.09. The lowest BCUT2D eigenvalue weighted by molar-refractivity contribution is 0.367. The molecule has 0 bridgehead atoms. The van der Waals surface area contributed by atoms with Gasteiger partial charge in [0.15, 0.2) is 0 Å². The van der Waals surface area contributed by atoms with Gasteiger partial charge in [0.2, 0.25) is 11.8 Å². The van der Waals surface area contributed by atoms with Crippen LogP contribution in [0, 0.1) is 6.92 Å². The van der Waals surface area contributed by atoms with Crippen LogP contribution in [0.3, 0.4) is 0 Å². The topological polar surface area (TPSA) is 64.9 Å². The second-order valence-corrected chi connectivity index (χ2v) is 2.85. The predicted octanol–water partition coefficient (Wildman–Crippen LogP) is 0.572. The van der Waals surface area contributed by atoms with E-state index in [9.17, 15) is 0 Å². The van der Waals surface area contributed by atoms with Crippen LogP contribution in [0.4, 0.5) is 0 Å². The third-order valence-electron chi connectivity index (χ3n) is 1.08. The maximum Gasteiger partial charge on any atom is 0.235 e. The Morgan fingerprint density at radius 1 is 1.40 bits per heavy atom. The third-order valence-corrected chi connectivity index (χ3v) is 1.08. The van der Waals surface area contributed by atoms with Crippen LogP contribution in [0.5, 0.6) is 0 Å². The summed E-state index contributed by atoms with van der Waals surface area (Å²) in [7, 11) is 0. The molecule has 1 heterocycles. The summed E-state index contributed by atoms with van der Waals surface area (Å²) in [6.45, 7) is 5.38. The highest BCUT2D eigenvalue weighted by Gasteiger charge is 2.20. The molecule has 0 saturated carbocycles. The quantitative estimate of drug-likeness (QED) is 0.621. The SMILES string of the molecule is Cc1nnc(C(C)(C)N)o1. The highest BCUT2D eigenvalue weighted by atomic mass is 16.4. The molecular formula is C6H11N3O. The monoisotopic (exact) mass is 141 g/mol. The lowest BCUT2D eigenvalue weighted by Crippen LogP contribution is -2.29. The summed E-state index contributed by atoms with van der Waals surface area (Å²) in [4.78, 5) is 0. The Morgan fingerprint density at radius 3 is 2.20 bits per heavy atom. The molecule has 2 N–H and O–H groups in total. The number of hydrogen-bond donors (Lipinski definition) is 1. The lowest BCUT2D eigenvalue weighted by atomic mass is 10.1. The smallest absolute Gasteiger partial charge is 0.235 e. The van der Waals surface area contributed by atoms with E-state index in [1.54, 1.807) is 6.92 Å². The Labute approximate surface area is 59.4 Å². The molecule has 0 saturated heterocycles. The average Bonchev–Trinajstić information content (AvgIpc) is 2.11. The van der Waals surface area contributed by atoms with E-state index in [1.165, 1.54) is 0 Å². The molecular weight excluding hydrogens is 130 g/mol. The van der Waals surface area contributed by atoms with Crippen LogP contribution in [0.25, 0.3) is 0 Å². The van der Waals surface area contributed by atoms with Crippen molar-refractivity contribution in [2.45, 2.75) is 26.3 Å². The predicted molar refractivity (Wildman–Crippen MR) is 36.2 cm³/mol. The second-order valence-electron chi connectivity index (χ2n) is 2.85. The summed E-state index contributed by atoms with van der Waals surface area (Å²) in [5, 5.41) is 7.43. The molecule has 0 fully saturated rings. The first kappa shape index (κ1) is 7.21. The fraction of sp³-hybridized carbons (Fsp3) is 0.667. The Hall–Kier alpha value is -0.900. The molecule has 0 aliphatic rings. The van der Waals surface area contributed by atoms with Gasteiger partial charge in [-0.3, -0.25) is 0 Å². The third kappa shape index (κ3) is 1.33. The van der Waals surface area contributed by atoms with Gasteiger partial charge in [-0.2, -0.15) is 0 Å². The van der Waals surface area contributed by atoms with E-state index in [2.05, 4.69) is 10.2 Å². The second kappa shape index (κ2) is 2.05. The highest BCUT2D eigenvalue weighted by Crippen LogP contribution is 2.13. The van der Waals surface area contributed by atoms with Gasteiger partial charge in [-0.05, 0) is 13.8 Å². The van der Waals surface area contributed by atoms with Crippen molar-refractivity contribution in [3.8, 4) is 0 Å². The van der Waals surface area contributed by atoms with Crippen LogP contribution in [-0.4, -0.2) is 10.2 Å². The number of hydrogen-bond acceptors (Lipinski definition) is 4. The van der Waals surface area contributed by atoms with Gasteiger partial charge in [-0.1, -0.05) is 0 Å². The molecule has 0 unspecified atom stereocenters. The van der Waals surface area contributed by atoms with E-state index in [1.807, 2.05) is 13.8 Å². The van der Waals surface area contributed by atoms with Gasteiger partial charge in [0.05, 0.1) is 5.54 Å². The summed E-state index contributed by atoms with van der Waals surface area (Å²) in [6.07, 6.45) is 0. The van der Waals surface area contributed by atoms with Crippen LogP contribution in [0.1, 0.15) is 25.6 Å². The van der Waals surface area contributed by atoms with E-state index in [0.717, 1.165) is 0 Å². The Kier molecular flexibility index (Phi) is 1.48. The van der Waals surface area contributed by atoms with Gasteiger partial charge in [-0.15, -0.1) is 10.2 Å². The fourth-order valence-corrected chi connectivity index (χ4v) is 0.557. The zero-order valence-corrected chi connectivity index (χ0v) is 6.38. The molecule has 56 valence electrons. The molecule has 0 spiro atoms. The summed E-state index contributed by atoms with van der Waals surface area (Å²) in [5.41, 5.74) is 5.15. The van der Waals surface area contributed by atoms with Gasteiger partial charge in [-0.25, -0.2) is 0 Å². The van der Waals surface area contributed by atoms with Crippen molar-refractivity contribution in [2.24, 2.45) is 5.73 Å². The minimum Gasteiger partial charge on any atom is -0.424 e. The Morgan fingerprint density at radius 2 is 2.00 bits per heavy atom. The molecule has 1 aromatic heterocycles. The summed E-state index contributed by atoms with van der Waals surface area (Å²) >= 11 is 0. The number of aryl methyl sites for hydroxylation is 1. The van der Waals surface area contributed by atoms with Crippen molar-refractivity contribution in [1.82, 2.24) is 10.2 Å². The van der Waals surface area contributed by atoms with E-state index in [4.69, 9.17) is 10.2 Å². The van der Waals surface area contributed by atoms with Crippen LogP contribution < -0.4 is 5.73 Å². The maximum atomic E-state index is 5.67. The normalized spacial score (nSPS) is 12.0.